The molecule has 30 heavy (non-hydrogen) atoms. The molecule has 1 aliphatic carbocycles. The summed E-state index contributed by atoms with van der Waals surface area (Å²) in [6.45, 7) is 1.45. The Bertz CT molecular complexity index is 1200. The molecule has 3 aromatic rings. The Morgan fingerprint density at radius 1 is 1.27 bits per heavy atom. The Hall–Kier alpha value is -3.25. The van der Waals surface area contributed by atoms with E-state index < -0.39 is 0 Å². The van der Waals surface area contributed by atoms with Gasteiger partial charge in [-0.05, 0) is 24.3 Å². The first-order chi connectivity index (χ1) is 13.9. The van der Waals surface area contributed by atoms with Gasteiger partial charge in [-0.1, -0.05) is 0 Å². The van der Waals surface area contributed by atoms with Crippen LogP contribution in [0.1, 0.15) is 17.3 Å². The van der Waals surface area contributed by atoms with Gasteiger partial charge in [0.15, 0.2) is 5.82 Å². The zero-order chi connectivity index (χ0) is 20.5. The van der Waals surface area contributed by atoms with Gasteiger partial charge in [0.1, 0.15) is 0 Å². The molecule has 9 heteroatoms. The van der Waals surface area contributed by atoms with Crippen molar-refractivity contribution in [2.45, 2.75) is 13.0 Å². The number of allylic oxidation sites excluding steroid dienone is 2. The summed E-state index contributed by atoms with van der Waals surface area (Å²) in [6.07, 6.45) is 8.59. The molecule has 1 unspecified atom stereocenters. The minimum absolute atomic E-state index is 0. The van der Waals surface area contributed by atoms with Crippen LogP contribution in [0.5, 0.6) is 0 Å². The number of benzene rings is 1. The Morgan fingerprint density at radius 2 is 2.07 bits per heavy atom. The fourth-order valence-corrected chi connectivity index (χ4v) is 3.25. The molecule has 2 aromatic heterocycles. The Labute approximate surface area is 186 Å². The fourth-order valence-electron chi connectivity index (χ4n) is 3.25. The minimum atomic E-state index is -0.331. The largest absolute Gasteiger partial charge is 2.00 e. The van der Waals surface area contributed by atoms with E-state index in [1.54, 1.807) is 48.9 Å². The SMILES string of the molecule is CC(=O)Nc1cc(-c2nc3ccc(C(=O)NC4C=CC([C-]=O)=C4)cc3[nH]2)n(C)c1.[W+2]. The second-order valence-corrected chi connectivity index (χ2v) is 6.81. The van der Waals surface area contributed by atoms with Crippen LogP contribution in [0.25, 0.3) is 22.6 Å². The third-order valence-corrected chi connectivity index (χ3v) is 4.57. The third-order valence-electron chi connectivity index (χ3n) is 4.57. The van der Waals surface area contributed by atoms with E-state index in [2.05, 4.69) is 20.6 Å². The third kappa shape index (κ3) is 4.33. The number of anilines is 1. The van der Waals surface area contributed by atoms with E-state index in [-0.39, 0.29) is 38.9 Å². The average molecular weight is 572 g/mol. The molecular formula is C21H18N5O3W+. The summed E-state index contributed by atoms with van der Waals surface area (Å²) in [5.41, 5.74) is 3.82. The van der Waals surface area contributed by atoms with E-state index in [1.165, 1.54) is 6.92 Å². The van der Waals surface area contributed by atoms with E-state index in [1.807, 2.05) is 17.7 Å². The first-order valence-electron chi connectivity index (χ1n) is 8.96. The molecule has 3 N–H and O–H groups in total. The van der Waals surface area contributed by atoms with Crippen molar-refractivity contribution in [3.8, 4) is 11.5 Å². The minimum Gasteiger partial charge on any atom is -0.376 e. The zero-order valence-electron chi connectivity index (χ0n) is 16.2. The molecule has 0 spiro atoms. The summed E-state index contributed by atoms with van der Waals surface area (Å²) in [6, 6.07) is 6.70. The van der Waals surface area contributed by atoms with Crippen LogP contribution in [-0.4, -0.2) is 38.7 Å². The number of H-pyrrole nitrogens is 1. The maximum atomic E-state index is 12.5. The average Bonchev–Trinajstić information content (AvgIpc) is 3.38. The molecule has 8 nitrogen and oxygen atoms in total. The van der Waals surface area contributed by atoms with Crippen LogP contribution in [-0.2, 0) is 37.7 Å². The van der Waals surface area contributed by atoms with Crippen molar-refractivity contribution in [2.75, 3.05) is 5.32 Å². The van der Waals surface area contributed by atoms with Gasteiger partial charge in [0.05, 0.1) is 28.7 Å². The number of carbonyl (C=O) groups excluding carboxylic acids is 3. The molecule has 0 saturated heterocycles. The van der Waals surface area contributed by atoms with Crippen molar-refractivity contribution in [1.29, 1.82) is 0 Å². The smallest absolute Gasteiger partial charge is 0.376 e. The molecular weight excluding hydrogens is 554 g/mol. The molecule has 0 bridgehead atoms. The van der Waals surface area contributed by atoms with Gasteiger partial charge in [0.2, 0.25) is 5.91 Å². The topological polar surface area (TPSA) is 109 Å². The quantitative estimate of drug-likeness (QED) is 0.408. The van der Waals surface area contributed by atoms with Crippen molar-refractivity contribution in [3.05, 3.63) is 59.8 Å². The predicted octanol–water partition coefficient (Wildman–Crippen LogP) is 2.23. The van der Waals surface area contributed by atoms with Gasteiger partial charge in [0, 0.05) is 31.8 Å². The van der Waals surface area contributed by atoms with Crippen LogP contribution < -0.4 is 10.6 Å². The van der Waals surface area contributed by atoms with E-state index in [0.717, 1.165) is 11.2 Å². The number of carbonyl (C=O) groups is 2. The van der Waals surface area contributed by atoms with Gasteiger partial charge < -0.3 is 25.0 Å². The Kier molecular flexibility index (Phi) is 6.17. The molecule has 0 radical (unpaired) electrons. The summed E-state index contributed by atoms with van der Waals surface area (Å²) in [5.74, 6) is 0.227. The summed E-state index contributed by atoms with van der Waals surface area (Å²) in [7, 11) is 1.86. The summed E-state index contributed by atoms with van der Waals surface area (Å²) in [5, 5.41) is 5.58. The van der Waals surface area contributed by atoms with Crippen molar-refractivity contribution >= 4 is 34.8 Å². The number of hydrogen-bond acceptors (Lipinski definition) is 4. The number of aromatic amines is 1. The second kappa shape index (κ2) is 8.63. The van der Waals surface area contributed by atoms with Crippen LogP contribution in [0.15, 0.2) is 54.3 Å². The number of amides is 2. The predicted molar refractivity (Wildman–Crippen MR) is 109 cm³/mol. The molecule has 2 amide bonds. The van der Waals surface area contributed by atoms with Crippen molar-refractivity contribution in [1.82, 2.24) is 19.9 Å². The Morgan fingerprint density at radius 3 is 2.77 bits per heavy atom. The molecule has 0 fully saturated rings. The fraction of sp³-hybridized carbons (Fsp3) is 0.143. The molecule has 1 aromatic carbocycles. The molecule has 150 valence electrons. The number of aryl methyl sites for hydroxylation is 1. The van der Waals surface area contributed by atoms with Crippen molar-refractivity contribution < 1.29 is 35.4 Å². The van der Waals surface area contributed by atoms with Gasteiger partial charge in [-0.15, -0.1) is 6.08 Å². The molecule has 4 rings (SSSR count). The van der Waals surface area contributed by atoms with Crippen LogP contribution in [0.3, 0.4) is 0 Å². The number of rotatable bonds is 5. The van der Waals surface area contributed by atoms with Gasteiger partial charge in [-0.3, -0.25) is 9.59 Å². The monoisotopic (exact) mass is 572 g/mol. The molecule has 1 aliphatic rings. The van der Waals surface area contributed by atoms with E-state index in [0.29, 0.717) is 28.2 Å². The zero-order valence-corrected chi connectivity index (χ0v) is 19.2. The maximum absolute atomic E-state index is 12.5. The van der Waals surface area contributed by atoms with Gasteiger partial charge >= 0.3 is 21.1 Å². The molecule has 2 heterocycles. The first kappa shape index (κ1) is 21.5. The summed E-state index contributed by atoms with van der Waals surface area (Å²) >= 11 is 0. The summed E-state index contributed by atoms with van der Waals surface area (Å²) in [4.78, 5) is 42.2. The van der Waals surface area contributed by atoms with Crippen LogP contribution in [0.2, 0.25) is 0 Å². The number of nitrogens with zero attached hydrogens (tertiary/aromatic N) is 2. The molecule has 0 aliphatic heterocycles. The van der Waals surface area contributed by atoms with Gasteiger partial charge in [0.25, 0.3) is 5.91 Å². The molecule has 1 atom stereocenters. The van der Waals surface area contributed by atoms with E-state index >= 15 is 0 Å². The summed E-state index contributed by atoms with van der Waals surface area (Å²) < 4.78 is 1.86. The number of nitrogens with one attached hydrogen (secondary N) is 3. The molecule has 0 saturated carbocycles. The number of aromatic nitrogens is 3. The van der Waals surface area contributed by atoms with Crippen LogP contribution in [0.4, 0.5) is 5.69 Å². The number of hydrogen-bond donors (Lipinski definition) is 3. The van der Waals surface area contributed by atoms with Gasteiger partial charge in [-0.2, -0.15) is 17.7 Å². The second-order valence-electron chi connectivity index (χ2n) is 6.81. The van der Waals surface area contributed by atoms with E-state index in [4.69, 9.17) is 0 Å². The number of imidazole rings is 1. The van der Waals surface area contributed by atoms with Crippen LogP contribution in [0, 0.1) is 0 Å². The van der Waals surface area contributed by atoms with Crippen molar-refractivity contribution in [3.63, 3.8) is 0 Å². The normalized spacial score (nSPS) is 14.9. The number of fused-ring (bicyclic) bond motifs is 1. The van der Waals surface area contributed by atoms with Gasteiger partial charge in [-0.25, -0.2) is 4.98 Å². The first-order valence-corrected chi connectivity index (χ1v) is 8.96. The standard InChI is InChI=1S/C21H18N5O3.W/c1-12(28)22-16-9-19(26(2)10-16)20-24-17-6-4-14(8-18(17)25-20)21(29)23-15-5-3-13(7-15)11-27;/h3-10,15H,1-2H3,(H,22,28)(H,23,29)(H,24,25);/q-1;+2. The van der Waals surface area contributed by atoms with Crippen molar-refractivity contribution in [2.24, 2.45) is 7.05 Å². The van der Waals surface area contributed by atoms with Crippen LogP contribution >= 0.6 is 0 Å². The Balaban J connectivity index is 0.00000256. The maximum Gasteiger partial charge on any atom is 2.00 e. The van der Waals surface area contributed by atoms with E-state index in [9.17, 15) is 14.4 Å².